The first kappa shape index (κ1) is 10.9. The van der Waals surface area contributed by atoms with E-state index in [4.69, 9.17) is 4.98 Å². The molecule has 0 aromatic carbocycles. The molecule has 0 N–H and O–H groups in total. The minimum absolute atomic E-state index is 0.877. The maximum atomic E-state index is 4.82. The molecule has 2 aliphatic carbocycles. The standard InChI is InChI=1S/C16H12N2S/c1-2-6-13-12(5-1)9-14-16(13)18-15(19-14)8-11-4-3-7-17-10-11/h1-5,7,9-10H,6,8H2. The van der Waals surface area contributed by atoms with E-state index in [0.717, 1.165) is 12.8 Å². The van der Waals surface area contributed by atoms with Crippen molar-refractivity contribution in [2.24, 2.45) is 0 Å². The van der Waals surface area contributed by atoms with E-state index in [9.17, 15) is 0 Å². The molecular formula is C16H12N2S. The maximum Gasteiger partial charge on any atom is 0.0983 e. The summed E-state index contributed by atoms with van der Waals surface area (Å²) in [5, 5.41) is 2.37. The van der Waals surface area contributed by atoms with Gasteiger partial charge in [-0.3, -0.25) is 4.98 Å². The zero-order valence-electron chi connectivity index (χ0n) is 10.3. The van der Waals surface area contributed by atoms with Crippen LogP contribution in [0.4, 0.5) is 0 Å². The van der Waals surface area contributed by atoms with Crippen LogP contribution in [0.5, 0.6) is 0 Å². The van der Waals surface area contributed by atoms with Crippen molar-refractivity contribution >= 4 is 23.0 Å². The van der Waals surface area contributed by atoms with Gasteiger partial charge in [-0.2, -0.15) is 0 Å². The van der Waals surface area contributed by atoms with Crippen molar-refractivity contribution in [1.82, 2.24) is 9.97 Å². The van der Waals surface area contributed by atoms with Crippen molar-refractivity contribution in [3.63, 3.8) is 0 Å². The van der Waals surface area contributed by atoms with Gasteiger partial charge in [-0.15, -0.1) is 11.3 Å². The van der Waals surface area contributed by atoms with Gasteiger partial charge in [-0.25, -0.2) is 4.98 Å². The second-order valence-corrected chi connectivity index (χ2v) is 5.85. The first-order chi connectivity index (χ1) is 9.40. The number of allylic oxidation sites excluding steroid dienone is 4. The van der Waals surface area contributed by atoms with E-state index in [1.165, 1.54) is 31.6 Å². The highest BCUT2D eigenvalue weighted by Gasteiger charge is 2.15. The first-order valence-corrected chi connectivity index (χ1v) is 7.18. The number of rotatable bonds is 2. The fraction of sp³-hybridized carbons (Fsp3) is 0.125. The van der Waals surface area contributed by atoms with Gasteiger partial charge in [0, 0.05) is 18.8 Å². The lowest BCUT2D eigenvalue weighted by Gasteiger charge is -2.04. The third kappa shape index (κ3) is 1.87. The van der Waals surface area contributed by atoms with Gasteiger partial charge in [0.2, 0.25) is 0 Å². The average Bonchev–Trinajstić information content (AvgIpc) is 2.97. The fourth-order valence-corrected chi connectivity index (χ4v) is 3.61. The topological polar surface area (TPSA) is 25.8 Å². The molecule has 2 aromatic heterocycles. The summed E-state index contributed by atoms with van der Waals surface area (Å²) in [7, 11) is 0. The Morgan fingerprint density at radius 1 is 1.32 bits per heavy atom. The quantitative estimate of drug-likeness (QED) is 0.828. The molecule has 2 nitrogen and oxygen atoms in total. The molecule has 0 fully saturated rings. The van der Waals surface area contributed by atoms with E-state index in [0.29, 0.717) is 0 Å². The number of pyridine rings is 1. The molecule has 0 bridgehead atoms. The van der Waals surface area contributed by atoms with Crippen LogP contribution in [0.3, 0.4) is 0 Å². The van der Waals surface area contributed by atoms with E-state index in [2.05, 4.69) is 35.4 Å². The molecule has 0 saturated carbocycles. The van der Waals surface area contributed by atoms with Gasteiger partial charge in [0.25, 0.3) is 0 Å². The van der Waals surface area contributed by atoms with Gasteiger partial charge >= 0.3 is 0 Å². The Kier molecular flexibility index (Phi) is 2.45. The predicted molar refractivity (Wildman–Crippen MR) is 78.1 cm³/mol. The van der Waals surface area contributed by atoms with E-state index in [1.807, 2.05) is 12.3 Å². The lowest BCUT2D eigenvalue weighted by atomic mass is 10.0. The van der Waals surface area contributed by atoms with Gasteiger partial charge in [-0.1, -0.05) is 24.3 Å². The third-order valence-corrected chi connectivity index (χ3v) is 4.43. The molecule has 0 spiro atoms. The molecule has 4 rings (SSSR count). The van der Waals surface area contributed by atoms with Crippen LogP contribution in [0.25, 0.3) is 11.6 Å². The maximum absolute atomic E-state index is 4.82. The first-order valence-electron chi connectivity index (χ1n) is 6.37. The molecular weight excluding hydrogens is 252 g/mol. The van der Waals surface area contributed by atoms with Crippen LogP contribution in [-0.4, -0.2) is 9.97 Å². The zero-order valence-corrected chi connectivity index (χ0v) is 11.2. The molecule has 0 unspecified atom stereocenters. The van der Waals surface area contributed by atoms with Crippen LogP contribution in [-0.2, 0) is 6.42 Å². The summed E-state index contributed by atoms with van der Waals surface area (Å²) in [4.78, 5) is 8.97. The number of nitrogens with zero attached hydrogens (tertiary/aromatic N) is 2. The third-order valence-electron chi connectivity index (χ3n) is 3.43. The smallest absolute Gasteiger partial charge is 0.0983 e. The molecule has 2 aromatic rings. The fourth-order valence-electron chi connectivity index (χ4n) is 2.53. The van der Waals surface area contributed by atoms with Crippen LogP contribution >= 0.6 is 11.3 Å². The van der Waals surface area contributed by atoms with Crippen molar-refractivity contribution in [1.29, 1.82) is 0 Å². The van der Waals surface area contributed by atoms with Crippen LogP contribution in [0, 0.1) is 0 Å². The van der Waals surface area contributed by atoms with Crippen LogP contribution < -0.4 is 9.88 Å². The molecule has 2 aliphatic rings. The van der Waals surface area contributed by atoms with Crippen LogP contribution in [0.1, 0.15) is 17.0 Å². The number of hydrogen-bond acceptors (Lipinski definition) is 3. The molecule has 0 atom stereocenters. The lowest BCUT2D eigenvalue weighted by Crippen LogP contribution is -2.19. The van der Waals surface area contributed by atoms with E-state index >= 15 is 0 Å². The molecule has 0 radical (unpaired) electrons. The predicted octanol–water partition coefficient (Wildman–Crippen LogP) is 1.96. The number of thiazole rings is 1. The molecule has 0 amide bonds. The average molecular weight is 264 g/mol. The summed E-state index contributed by atoms with van der Waals surface area (Å²) in [5.74, 6) is 0. The van der Waals surface area contributed by atoms with Gasteiger partial charge in [0.1, 0.15) is 0 Å². The molecule has 19 heavy (non-hydrogen) atoms. The molecule has 2 heterocycles. The van der Waals surface area contributed by atoms with Crippen LogP contribution in [0.15, 0.2) is 48.3 Å². The van der Waals surface area contributed by atoms with Crippen LogP contribution in [0.2, 0.25) is 0 Å². The SMILES string of the molecule is C1=CCC2=c3nc(Cc4cccnc4)sc3=CC2=C1. The highest BCUT2D eigenvalue weighted by Crippen LogP contribution is 2.23. The Balaban J connectivity index is 1.75. The summed E-state index contributed by atoms with van der Waals surface area (Å²) in [6, 6.07) is 4.08. The number of aromatic nitrogens is 2. The summed E-state index contributed by atoms with van der Waals surface area (Å²) in [6.07, 6.45) is 14.4. The summed E-state index contributed by atoms with van der Waals surface area (Å²) < 4.78 is 1.31. The van der Waals surface area contributed by atoms with Gasteiger partial charge in [-0.05, 0) is 35.3 Å². The molecule has 0 saturated heterocycles. The van der Waals surface area contributed by atoms with Gasteiger partial charge < -0.3 is 0 Å². The van der Waals surface area contributed by atoms with E-state index < -0.39 is 0 Å². The second kappa shape index (κ2) is 4.28. The zero-order chi connectivity index (χ0) is 12.7. The van der Waals surface area contributed by atoms with Crippen molar-refractivity contribution in [3.05, 3.63) is 68.8 Å². The summed E-state index contributed by atoms with van der Waals surface area (Å²) in [6.45, 7) is 0. The summed E-state index contributed by atoms with van der Waals surface area (Å²) in [5.41, 5.74) is 3.94. The Labute approximate surface area is 115 Å². The Morgan fingerprint density at radius 2 is 2.32 bits per heavy atom. The van der Waals surface area contributed by atoms with Crippen molar-refractivity contribution in [2.45, 2.75) is 12.8 Å². The molecule has 3 heteroatoms. The van der Waals surface area contributed by atoms with E-state index in [-0.39, 0.29) is 0 Å². The van der Waals surface area contributed by atoms with Crippen molar-refractivity contribution in [3.8, 4) is 0 Å². The highest BCUT2D eigenvalue weighted by atomic mass is 32.1. The monoisotopic (exact) mass is 264 g/mol. The lowest BCUT2D eigenvalue weighted by molar-refractivity contribution is 1.09. The van der Waals surface area contributed by atoms with Crippen molar-refractivity contribution in [2.75, 3.05) is 0 Å². The van der Waals surface area contributed by atoms with E-state index in [1.54, 1.807) is 17.5 Å². The highest BCUT2D eigenvalue weighted by molar-refractivity contribution is 7.09. The van der Waals surface area contributed by atoms with Gasteiger partial charge in [0.05, 0.1) is 14.9 Å². The largest absolute Gasteiger partial charge is 0.264 e. The minimum Gasteiger partial charge on any atom is -0.264 e. The number of fused-ring (bicyclic) bond motifs is 2. The molecule has 92 valence electrons. The normalized spacial score (nSPS) is 15.8. The Morgan fingerprint density at radius 3 is 3.21 bits per heavy atom. The van der Waals surface area contributed by atoms with Gasteiger partial charge in [0.15, 0.2) is 0 Å². The Bertz CT molecular complexity index is 810. The van der Waals surface area contributed by atoms with Crippen molar-refractivity contribution < 1.29 is 0 Å². The molecule has 0 aliphatic heterocycles. The Hall–Kier alpha value is -2.00. The minimum atomic E-state index is 0.877. The second-order valence-electron chi connectivity index (χ2n) is 4.74. The summed E-state index contributed by atoms with van der Waals surface area (Å²) >= 11 is 1.80. The number of hydrogen-bond donors (Lipinski definition) is 0.